The first-order valence-electron chi connectivity index (χ1n) is 7.47. The Bertz CT molecular complexity index is 196. The summed E-state index contributed by atoms with van der Waals surface area (Å²) in [5, 5.41) is 3.56. The smallest absolute Gasteiger partial charge is 0.0107 e. The fraction of sp³-hybridized carbons (Fsp3) is 1.00. The summed E-state index contributed by atoms with van der Waals surface area (Å²) in [6.07, 6.45) is 5.41. The van der Waals surface area contributed by atoms with Crippen LogP contribution in [0.3, 0.4) is 0 Å². The van der Waals surface area contributed by atoms with Crippen molar-refractivity contribution in [3.05, 3.63) is 0 Å². The van der Waals surface area contributed by atoms with Gasteiger partial charge in [-0.1, -0.05) is 40.5 Å². The van der Waals surface area contributed by atoms with E-state index < -0.39 is 0 Å². The summed E-state index contributed by atoms with van der Waals surface area (Å²) in [5.41, 5.74) is 0.489. The van der Waals surface area contributed by atoms with E-state index in [4.69, 9.17) is 0 Å². The molecule has 0 radical (unpaired) electrons. The molecule has 0 bridgehead atoms. The van der Waals surface area contributed by atoms with Gasteiger partial charge in [0.1, 0.15) is 0 Å². The van der Waals surface area contributed by atoms with Gasteiger partial charge in [-0.25, -0.2) is 0 Å². The highest BCUT2D eigenvalue weighted by Gasteiger charge is 2.31. The van der Waals surface area contributed by atoms with E-state index in [0.717, 1.165) is 5.92 Å². The molecule has 102 valence electrons. The molecule has 0 aromatic rings. The summed E-state index contributed by atoms with van der Waals surface area (Å²) in [6.45, 7) is 15.6. The molecule has 2 nitrogen and oxygen atoms in total. The minimum Gasteiger partial charge on any atom is -0.315 e. The highest BCUT2D eigenvalue weighted by atomic mass is 15.2. The molecular formula is C15H32N2. The van der Waals surface area contributed by atoms with Crippen molar-refractivity contribution in [2.24, 2.45) is 11.3 Å². The Hall–Kier alpha value is -0.0800. The SMILES string of the molecule is CCCCCNCCN1CCC(C(C)(C)C)C1. The lowest BCUT2D eigenvalue weighted by Crippen LogP contribution is -2.32. The molecule has 0 aromatic carbocycles. The maximum atomic E-state index is 3.56. The monoisotopic (exact) mass is 240 g/mol. The second-order valence-electron chi connectivity index (χ2n) is 6.61. The summed E-state index contributed by atoms with van der Waals surface area (Å²) in [4.78, 5) is 2.63. The van der Waals surface area contributed by atoms with Gasteiger partial charge in [0, 0.05) is 19.6 Å². The summed E-state index contributed by atoms with van der Waals surface area (Å²) in [5.74, 6) is 0.891. The molecular weight excluding hydrogens is 208 g/mol. The Balaban J connectivity index is 2.02. The first kappa shape index (κ1) is 15.0. The molecule has 0 aromatic heterocycles. The van der Waals surface area contributed by atoms with Crippen LogP contribution >= 0.6 is 0 Å². The van der Waals surface area contributed by atoms with Crippen LogP contribution in [0.15, 0.2) is 0 Å². The first-order chi connectivity index (χ1) is 8.04. The van der Waals surface area contributed by atoms with Crippen molar-refractivity contribution < 1.29 is 0 Å². The van der Waals surface area contributed by atoms with E-state index in [1.165, 1.54) is 58.4 Å². The molecule has 1 atom stereocenters. The van der Waals surface area contributed by atoms with Gasteiger partial charge in [0.05, 0.1) is 0 Å². The van der Waals surface area contributed by atoms with Crippen molar-refractivity contribution in [3.8, 4) is 0 Å². The van der Waals surface area contributed by atoms with Gasteiger partial charge >= 0.3 is 0 Å². The minimum atomic E-state index is 0.489. The van der Waals surface area contributed by atoms with E-state index in [2.05, 4.69) is 37.9 Å². The molecule has 1 heterocycles. The molecule has 1 aliphatic rings. The zero-order chi connectivity index (χ0) is 12.7. The van der Waals surface area contributed by atoms with Gasteiger partial charge in [0.15, 0.2) is 0 Å². The maximum Gasteiger partial charge on any atom is 0.0107 e. The normalized spacial score (nSPS) is 22.2. The summed E-state index contributed by atoms with van der Waals surface area (Å²) in [7, 11) is 0. The van der Waals surface area contributed by atoms with Gasteiger partial charge < -0.3 is 10.2 Å². The third-order valence-electron chi connectivity index (χ3n) is 4.06. The van der Waals surface area contributed by atoms with Crippen LogP contribution in [-0.4, -0.2) is 37.6 Å². The zero-order valence-corrected chi connectivity index (χ0v) is 12.4. The average Bonchev–Trinajstić information content (AvgIpc) is 2.71. The molecule has 0 amide bonds. The molecule has 2 heteroatoms. The van der Waals surface area contributed by atoms with Gasteiger partial charge in [-0.3, -0.25) is 0 Å². The molecule has 0 aliphatic carbocycles. The summed E-state index contributed by atoms with van der Waals surface area (Å²) < 4.78 is 0. The van der Waals surface area contributed by atoms with Gasteiger partial charge in [-0.05, 0) is 37.3 Å². The minimum absolute atomic E-state index is 0.489. The van der Waals surface area contributed by atoms with Crippen molar-refractivity contribution in [2.45, 2.75) is 53.4 Å². The number of nitrogens with zero attached hydrogens (tertiary/aromatic N) is 1. The fourth-order valence-electron chi connectivity index (χ4n) is 2.60. The maximum absolute atomic E-state index is 3.56. The molecule has 1 rings (SSSR count). The lowest BCUT2D eigenvalue weighted by atomic mass is 9.80. The number of likely N-dealkylation sites (tertiary alicyclic amines) is 1. The first-order valence-corrected chi connectivity index (χ1v) is 7.47. The highest BCUT2D eigenvalue weighted by Crippen LogP contribution is 2.33. The lowest BCUT2D eigenvalue weighted by Gasteiger charge is -2.27. The number of hydrogen-bond acceptors (Lipinski definition) is 2. The number of nitrogens with one attached hydrogen (secondary N) is 1. The zero-order valence-electron chi connectivity index (χ0n) is 12.4. The Labute approximate surface area is 108 Å². The van der Waals surface area contributed by atoms with Gasteiger partial charge in [-0.2, -0.15) is 0 Å². The molecule has 1 unspecified atom stereocenters. The van der Waals surface area contributed by atoms with E-state index in [0.29, 0.717) is 5.41 Å². The fourth-order valence-corrected chi connectivity index (χ4v) is 2.60. The van der Waals surface area contributed by atoms with Gasteiger partial charge in [0.25, 0.3) is 0 Å². The third-order valence-corrected chi connectivity index (χ3v) is 4.06. The number of rotatable bonds is 7. The van der Waals surface area contributed by atoms with E-state index in [1.807, 2.05) is 0 Å². The van der Waals surface area contributed by atoms with Crippen molar-refractivity contribution >= 4 is 0 Å². The second kappa shape index (κ2) is 7.38. The van der Waals surface area contributed by atoms with Crippen LogP contribution in [-0.2, 0) is 0 Å². The molecule has 17 heavy (non-hydrogen) atoms. The predicted molar refractivity (Wildman–Crippen MR) is 76.4 cm³/mol. The Morgan fingerprint density at radius 1 is 1.18 bits per heavy atom. The van der Waals surface area contributed by atoms with Crippen molar-refractivity contribution in [1.82, 2.24) is 10.2 Å². The van der Waals surface area contributed by atoms with Crippen LogP contribution in [0, 0.1) is 11.3 Å². The van der Waals surface area contributed by atoms with Crippen LogP contribution in [0.5, 0.6) is 0 Å². The Morgan fingerprint density at radius 2 is 1.94 bits per heavy atom. The van der Waals surface area contributed by atoms with Crippen LogP contribution in [0.25, 0.3) is 0 Å². The van der Waals surface area contributed by atoms with Crippen LogP contribution in [0.2, 0.25) is 0 Å². The number of hydrogen-bond donors (Lipinski definition) is 1. The Morgan fingerprint density at radius 3 is 2.53 bits per heavy atom. The largest absolute Gasteiger partial charge is 0.315 e. The van der Waals surface area contributed by atoms with Crippen LogP contribution < -0.4 is 5.32 Å². The molecule has 1 N–H and O–H groups in total. The van der Waals surface area contributed by atoms with E-state index in [9.17, 15) is 0 Å². The molecule has 0 saturated carbocycles. The molecule has 1 saturated heterocycles. The highest BCUT2D eigenvalue weighted by molar-refractivity contribution is 4.83. The lowest BCUT2D eigenvalue weighted by molar-refractivity contribution is 0.229. The molecule has 1 fully saturated rings. The summed E-state index contributed by atoms with van der Waals surface area (Å²) in [6, 6.07) is 0. The van der Waals surface area contributed by atoms with E-state index >= 15 is 0 Å². The standard InChI is InChI=1S/C15H32N2/c1-5-6-7-9-16-10-12-17-11-8-14(13-17)15(2,3)4/h14,16H,5-13H2,1-4H3. The topological polar surface area (TPSA) is 15.3 Å². The van der Waals surface area contributed by atoms with Crippen LogP contribution in [0.4, 0.5) is 0 Å². The van der Waals surface area contributed by atoms with Crippen molar-refractivity contribution in [1.29, 1.82) is 0 Å². The van der Waals surface area contributed by atoms with Crippen LogP contribution in [0.1, 0.15) is 53.4 Å². The van der Waals surface area contributed by atoms with Gasteiger partial charge in [0.2, 0.25) is 0 Å². The average molecular weight is 240 g/mol. The predicted octanol–water partition coefficient (Wildman–Crippen LogP) is 3.13. The van der Waals surface area contributed by atoms with Crippen molar-refractivity contribution in [3.63, 3.8) is 0 Å². The second-order valence-corrected chi connectivity index (χ2v) is 6.61. The van der Waals surface area contributed by atoms with Crippen molar-refractivity contribution in [2.75, 3.05) is 32.7 Å². The number of unbranched alkanes of at least 4 members (excludes halogenated alkanes) is 2. The third kappa shape index (κ3) is 5.87. The van der Waals surface area contributed by atoms with Gasteiger partial charge in [-0.15, -0.1) is 0 Å². The van der Waals surface area contributed by atoms with E-state index in [1.54, 1.807) is 0 Å². The molecule has 0 spiro atoms. The molecule has 1 aliphatic heterocycles. The Kier molecular flexibility index (Phi) is 6.50. The summed E-state index contributed by atoms with van der Waals surface area (Å²) >= 11 is 0. The quantitative estimate of drug-likeness (QED) is 0.688. The van der Waals surface area contributed by atoms with E-state index in [-0.39, 0.29) is 0 Å².